The van der Waals surface area contributed by atoms with Gasteiger partial charge in [0.05, 0.1) is 0 Å². The van der Waals surface area contributed by atoms with Gasteiger partial charge < -0.3 is 10.6 Å². The molecular formula is C13H21ClN2. The van der Waals surface area contributed by atoms with E-state index in [4.69, 9.17) is 5.73 Å². The summed E-state index contributed by atoms with van der Waals surface area (Å²) in [5, 5.41) is 0. The number of rotatable bonds is 2. The molecule has 0 aromatic heterocycles. The van der Waals surface area contributed by atoms with E-state index in [1.807, 2.05) is 6.07 Å². The SMILES string of the molecule is CN(C)CC1CCc2cc(N)ccc2C1.Cl. The van der Waals surface area contributed by atoms with Crippen molar-refractivity contribution < 1.29 is 0 Å². The van der Waals surface area contributed by atoms with Crippen LogP contribution in [-0.2, 0) is 12.8 Å². The normalized spacial score (nSPS) is 19.1. The molecule has 0 spiro atoms. The lowest BCUT2D eigenvalue weighted by molar-refractivity contribution is 0.303. The lowest BCUT2D eigenvalue weighted by atomic mass is 9.83. The van der Waals surface area contributed by atoms with Crippen molar-refractivity contribution >= 4 is 18.1 Å². The van der Waals surface area contributed by atoms with Crippen molar-refractivity contribution in [3.05, 3.63) is 29.3 Å². The van der Waals surface area contributed by atoms with Crippen LogP contribution < -0.4 is 5.73 Å². The van der Waals surface area contributed by atoms with Gasteiger partial charge in [0.25, 0.3) is 0 Å². The Morgan fingerprint density at radius 1 is 1.31 bits per heavy atom. The van der Waals surface area contributed by atoms with Crippen LogP contribution >= 0.6 is 12.4 Å². The quantitative estimate of drug-likeness (QED) is 0.805. The molecule has 1 aromatic rings. The van der Waals surface area contributed by atoms with Gasteiger partial charge in [-0.2, -0.15) is 0 Å². The van der Waals surface area contributed by atoms with Crippen molar-refractivity contribution in [1.29, 1.82) is 0 Å². The van der Waals surface area contributed by atoms with Crippen molar-refractivity contribution in [2.24, 2.45) is 5.92 Å². The lowest BCUT2D eigenvalue weighted by Crippen LogP contribution is -2.26. The Hall–Kier alpha value is -0.730. The first kappa shape index (κ1) is 13.3. The Morgan fingerprint density at radius 2 is 2.06 bits per heavy atom. The summed E-state index contributed by atoms with van der Waals surface area (Å²) in [6, 6.07) is 6.37. The molecule has 1 unspecified atom stereocenters. The van der Waals surface area contributed by atoms with E-state index in [1.165, 1.54) is 36.9 Å². The molecule has 1 aliphatic rings. The summed E-state index contributed by atoms with van der Waals surface area (Å²) in [6.07, 6.45) is 3.71. The summed E-state index contributed by atoms with van der Waals surface area (Å²) in [4.78, 5) is 2.28. The fourth-order valence-corrected chi connectivity index (χ4v) is 2.52. The molecule has 1 atom stereocenters. The van der Waals surface area contributed by atoms with Crippen molar-refractivity contribution in [3.8, 4) is 0 Å². The largest absolute Gasteiger partial charge is 0.399 e. The van der Waals surface area contributed by atoms with Crippen molar-refractivity contribution in [2.45, 2.75) is 19.3 Å². The molecular weight excluding hydrogens is 220 g/mol. The van der Waals surface area contributed by atoms with Gasteiger partial charge in [-0.1, -0.05) is 6.07 Å². The van der Waals surface area contributed by atoms with Gasteiger partial charge in [-0.15, -0.1) is 12.4 Å². The molecule has 0 heterocycles. The van der Waals surface area contributed by atoms with Crippen LogP contribution in [0.5, 0.6) is 0 Å². The lowest BCUT2D eigenvalue weighted by Gasteiger charge is -2.27. The van der Waals surface area contributed by atoms with E-state index in [0.717, 1.165) is 11.6 Å². The molecule has 0 bridgehead atoms. The third-order valence-corrected chi connectivity index (χ3v) is 3.18. The van der Waals surface area contributed by atoms with Gasteiger partial charge in [-0.3, -0.25) is 0 Å². The van der Waals surface area contributed by atoms with E-state index in [-0.39, 0.29) is 12.4 Å². The average molecular weight is 241 g/mol. The van der Waals surface area contributed by atoms with Crippen molar-refractivity contribution in [3.63, 3.8) is 0 Å². The van der Waals surface area contributed by atoms with Gasteiger partial charge in [-0.25, -0.2) is 0 Å². The zero-order valence-corrected chi connectivity index (χ0v) is 10.9. The molecule has 0 saturated heterocycles. The van der Waals surface area contributed by atoms with Gasteiger partial charge in [0.2, 0.25) is 0 Å². The van der Waals surface area contributed by atoms with Gasteiger partial charge in [0.1, 0.15) is 0 Å². The molecule has 2 nitrogen and oxygen atoms in total. The van der Waals surface area contributed by atoms with Gasteiger partial charge in [0.15, 0.2) is 0 Å². The Kier molecular flexibility index (Phi) is 4.63. The monoisotopic (exact) mass is 240 g/mol. The third-order valence-electron chi connectivity index (χ3n) is 3.18. The fourth-order valence-electron chi connectivity index (χ4n) is 2.52. The van der Waals surface area contributed by atoms with E-state index in [1.54, 1.807) is 0 Å². The Balaban J connectivity index is 0.00000128. The first-order valence-electron chi connectivity index (χ1n) is 5.67. The fraction of sp³-hybridized carbons (Fsp3) is 0.538. The molecule has 2 N–H and O–H groups in total. The summed E-state index contributed by atoms with van der Waals surface area (Å²) in [7, 11) is 4.30. The van der Waals surface area contributed by atoms with Gasteiger partial charge >= 0.3 is 0 Å². The minimum Gasteiger partial charge on any atom is -0.399 e. The maximum atomic E-state index is 5.79. The highest BCUT2D eigenvalue weighted by Gasteiger charge is 2.18. The summed E-state index contributed by atoms with van der Waals surface area (Å²) in [6.45, 7) is 1.20. The highest BCUT2D eigenvalue weighted by atomic mass is 35.5. The highest BCUT2D eigenvalue weighted by molar-refractivity contribution is 5.85. The molecule has 3 heteroatoms. The van der Waals surface area contributed by atoms with E-state index >= 15 is 0 Å². The predicted octanol–water partition coefficient (Wildman–Crippen LogP) is 2.36. The van der Waals surface area contributed by atoms with E-state index in [9.17, 15) is 0 Å². The maximum Gasteiger partial charge on any atom is 0.0316 e. The number of aryl methyl sites for hydroxylation is 1. The minimum atomic E-state index is 0. The minimum absolute atomic E-state index is 0. The van der Waals surface area contributed by atoms with Gasteiger partial charge in [0, 0.05) is 12.2 Å². The van der Waals surface area contributed by atoms with Crippen molar-refractivity contribution in [1.82, 2.24) is 4.90 Å². The number of nitrogens with two attached hydrogens (primary N) is 1. The first-order valence-corrected chi connectivity index (χ1v) is 5.67. The number of nitrogen functional groups attached to an aromatic ring is 1. The number of fused-ring (bicyclic) bond motifs is 1. The number of hydrogen-bond acceptors (Lipinski definition) is 2. The van der Waals surface area contributed by atoms with E-state index < -0.39 is 0 Å². The molecule has 0 saturated carbocycles. The predicted molar refractivity (Wildman–Crippen MR) is 72.2 cm³/mol. The topological polar surface area (TPSA) is 29.3 Å². The summed E-state index contributed by atoms with van der Waals surface area (Å²) < 4.78 is 0. The number of halogens is 1. The molecule has 16 heavy (non-hydrogen) atoms. The van der Waals surface area contributed by atoms with Crippen LogP contribution in [0.15, 0.2) is 18.2 Å². The summed E-state index contributed by atoms with van der Waals surface area (Å²) in [5.41, 5.74) is 9.66. The third kappa shape index (κ3) is 3.13. The molecule has 1 aromatic carbocycles. The van der Waals surface area contributed by atoms with Crippen LogP contribution in [0.1, 0.15) is 17.5 Å². The molecule has 0 radical (unpaired) electrons. The Labute approximate surface area is 104 Å². The maximum absolute atomic E-state index is 5.79. The number of hydrogen-bond donors (Lipinski definition) is 1. The zero-order valence-electron chi connectivity index (χ0n) is 10.1. The Bertz CT molecular complexity index is 350. The van der Waals surface area contributed by atoms with Crippen molar-refractivity contribution in [2.75, 3.05) is 26.4 Å². The molecule has 0 fully saturated rings. The van der Waals surface area contributed by atoms with Crippen LogP contribution in [0.25, 0.3) is 0 Å². The summed E-state index contributed by atoms with van der Waals surface area (Å²) >= 11 is 0. The smallest absolute Gasteiger partial charge is 0.0316 e. The molecule has 0 aliphatic heterocycles. The van der Waals surface area contributed by atoms with Gasteiger partial charge in [-0.05, 0) is 62.5 Å². The molecule has 90 valence electrons. The average Bonchev–Trinajstić information content (AvgIpc) is 2.17. The van der Waals surface area contributed by atoms with Crippen LogP contribution in [0.4, 0.5) is 5.69 Å². The number of benzene rings is 1. The van der Waals surface area contributed by atoms with E-state index in [0.29, 0.717) is 0 Å². The van der Waals surface area contributed by atoms with Crippen LogP contribution in [0.2, 0.25) is 0 Å². The standard InChI is InChI=1S/C13H20N2.ClH/c1-15(2)9-10-3-4-12-8-13(14)6-5-11(12)7-10;/h5-6,8,10H,3-4,7,9,14H2,1-2H3;1H. The second kappa shape index (κ2) is 5.55. The second-order valence-corrected chi connectivity index (χ2v) is 4.90. The first-order chi connectivity index (χ1) is 7.15. The second-order valence-electron chi connectivity index (χ2n) is 4.90. The Morgan fingerprint density at radius 3 is 2.75 bits per heavy atom. The van der Waals surface area contributed by atoms with Crippen LogP contribution in [0.3, 0.4) is 0 Å². The molecule has 1 aliphatic carbocycles. The van der Waals surface area contributed by atoms with Crippen LogP contribution in [0, 0.1) is 5.92 Å². The zero-order chi connectivity index (χ0) is 10.8. The van der Waals surface area contributed by atoms with E-state index in [2.05, 4.69) is 31.1 Å². The highest BCUT2D eigenvalue weighted by Crippen LogP contribution is 2.27. The molecule has 2 rings (SSSR count). The van der Waals surface area contributed by atoms with Crippen LogP contribution in [-0.4, -0.2) is 25.5 Å². The number of anilines is 1. The molecule has 0 amide bonds. The number of nitrogens with zero attached hydrogens (tertiary/aromatic N) is 1. The summed E-state index contributed by atoms with van der Waals surface area (Å²) in [5.74, 6) is 0.816.